The number of nitrogens with one attached hydrogen (secondary N) is 2. The zero-order valence-corrected chi connectivity index (χ0v) is 19.5. The third-order valence-corrected chi connectivity index (χ3v) is 5.46. The molecule has 0 saturated heterocycles. The highest BCUT2D eigenvalue weighted by Gasteiger charge is 2.34. The van der Waals surface area contributed by atoms with Crippen LogP contribution >= 0.6 is 0 Å². The van der Waals surface area contributed by atoms with Crippen molar-refractivity contribution >= 4 is 11.8 Å². The van der Waals surface area contributed by atoms with Gasteiger partial charge in [-0.3, -0.25) is 9.59 Å². The van der Waals surface area contributed by atoms with Crippen LogP contribution in [0.2, 0.25) is 0 Å². The van der Waals surface area contributed by atoms with Gasteiger partial charge < -0.3 is 20.1 Å². The molecule has 29 heavy (non-hydrogen) atoms. The van der Waals surface area contributed by atoms with Gasteiger partial charge in [0.05, 0.1) is 5.69 Å². The van der Waals surface area contributed by atoms with Gasteiger partial charge in [0.25, 0.3) is 5.91 Å². The van der Waals surface area contributed by atoms with E-state index >= 15 is 0 Å². The summed E-state index contributed by atoms with van der Waals surface area (Å²) in [7, 11) is 3.66. The number of aryl methyl sites for hydroxylation is 1. The fraction of sp³-hybridized carbons (Fsp3) is 0.773. The number of carbonyl (C=O) groups is 2. The molecule has 2 rings (SSSR count). The molecule has 164 valence electrons. The van der Waals surface area contributed by atoms with E-state index < -0.39 is 11.5 Å². The lowest BCUT2D eigenvalue weighted by Crippen LogP contribution is -2.53. The number of fused-ring (bicyclic) bond motifs is 1. The number of hydrogen-bond donors (Lipinski definition) is 2. The maximum atomic E-state index is 13.2. The molecule has 7 nitrogen and oxygen atoms in total. The van der Waals surface area contributed by atoms with Crippen molar-refractivity contribution in [2.45, 2.75) is 79.9 Å². The number of nitrogens with zero attached hydrogens (tertiary/aromatic N) is 3. The minimum atomic E-state index is -0.626. The minimum Gasteiger partial charge on any atom is -0.357 e. The van der Waals surface area contributed by atoms with E-state index in [2.05, 4.69) is 47.9 Å². The maximum absolute atomic E-state index is 13.2. The highest BCUT2D eigenvalue weighted by molar-refractivity contribution is 5.97. The summed E-state index contributed by atoms with van der Waals surface area (Å²) in [5.41, 5.74) is 1.21. The second-order valence-electron chi connectivity index (χ2n) is 10.5. The van der Waals surface area contributed by atoms with Gasteiger partial charge in [0.2, 0.25) is 5.91 Å². The van der Waals surface area contributed by atoms with Crippen molar-refractivity contribution in [3.8, 4) is 0 Å². The van der Waals surface area contributed by atoms with Crippen LogP contribution in [0.15, 0.2) is 0 Å². The molecule has 0 aliphatic carbocycles. The van der Waals surface area contributed by atoms with Gasteiger partial charge in [-0.25, -0.2) is 4.98 Å². The Kier molecular flexibility index (Phi) is 7.14. The Morgan fingerprint density at radius 2 is 1.79 bits per heavy atom. The molecule has 1 aromatic rings. The first-order valence-electron chi connectivity index (χ1n) is 10.6. The van der Waals surface area contributed by atoms with E-state index in [1.807, 2.05) is 20.8 Å². The topological polar surface area (TPSA) is 79.3 Å². The SMILES string of the molecule is CNC(=O)C(NC(=O)c1nc(CCC(C)(C)C)n2c1CN(C)CCC2)C(C)(C)C. The summed E-state index contributed by atoms with van der Waals surface area (Å²) in [6.07, 6.45) is 2.88. The van der Waals surface area contributed by atoms with Gasteiger partial charge >= 0.3 is 0 Å². The van der Waals surface area contributed by atoms with E-state index in [1.165, 1.54) is 0 Å². The Hall–Kier alpha value is -1.89. The van der Waals surface area contributed by atoms with Crippen LogP contribution in [0.4, 0.5) is 0 Å². The van der Waals surface area contributed by atoms with Crippen molar-refractivity contribution < 1.29 is 9.59 Å². The lowest BCUT2D eigenvalue weighted by Gasteiger charge is -2.29. The van der Waals surface area contributed by atoms with E-state index in [0.717, 1.165) is 43.9 Å². The molecule has 1 aliphatic heterocycles. The summed E-state index contributed by atoms with van der Waals surface area (Å²) in [5.74, 6) is 0.512. The first kappa shape index (κ1) is 23.4. The molecule has 0 saturated carbocycles. The van der Waals surface area contributed by atoms with E-state index in [9.17, 15) is 9.59 Å². The zero-order valence-electron chi connectivity index (χ0n) is 19.5. The van der Waals surface area contributed by atoms with Crippen LogP contribution in [0, 0.1) is 10.8 Å². The number of likely N-dealkylation sites (N-methyl/N-ethyl adjacent to an activating group) is 1. The second-order valence-corrected chi connectivity index (χ2v) is 10.5. The molecular weight excluding hydrogens is 366 g/mol. The van der Waals surface area contributed by atoms with E-state index in [4.69, 9.17) is 4.98 Å². The van der Waals surface area contributed by atoms with Gasteiger partial charge in [0, 0.05) is 26.6 Å². The summed E-state index contributed by atoms with van der Waals surface area (Å²) in [6, 6.07) is -0.626. The number of amides is 2. The van der Waals surface area contributed by atoms with Crippen molar-refractivity contribution in [1.29, 1.82) is 0 Å². The molecule has 0 aromatic carbocycles. The minimum absolute atomic E-state index is 0.193. The van der Waals surface area contributed by atoms with Crippen LogP contribution in [0.3, 0.4) is 0 Å². The predicted molar refractivity (Wildman–Crippen MR) is 116 cm³/mol. The molecule has 2 heterocycles. The highest BCUT2D eigenvalue weighted by Crippen LogP contribution is 2.25. The van der Waals surface area contributed by atoms with Crippen molar-refractivity contribution in [2.75, 3.05) is 20.6 Å². The average Bonchev–Trinajstić information content (AvgIpc) is 2.81. The monoisotopic (exact) mass is 405 g/mol. The van der Waals surface area contributed by atoms with Crippen molar-refractivity contribution in [3.63, 3.8) is 0 Å². The number of hydrogen-bond acceptors (Lipinski definition) is 4. The molecule has 0 fully saturated rings. The number of imidazole rings is 1. The summed E-state index contributed by atoms with van der Waals surface area (Å²) in [5, 5.41) is 5.61. The third-order valence-electron chi connectivity index (χ3n) is 5.46. The molecule has 2 amide bonds. The van der Waals surface area contributed by atoms with E-state index in [-0.39, 0.29) is 17.2 Å². The standard InChI is InChI=1S/C22H39N5O2/c1-21(2,3)11-10-16-24-17(15-14-26(8)12-9-13-27(15)16)19(28)25-18(20(29)23-7)22(4,5)6/h18H,9-14H2,1-8H3,(H,23,29)(H,25,28). The molecule has 2 N–H and O–H groups in total. The fourth-order valence-corrected chi connectivity index (χ4v) is 3.67. The van der Waals surface area contributed by atoms with Crippen molar-refractivity contribution in [3.05, 3.63) is 17.2 Å². The van der Waals surface area contributed by atoms with Crippen molar-refractivity contribution in [1.82, 2.24) is 25.1 Å². The van der Waals surface area contributed by atoms with E-state index in [0.29, 0.717) is 12.2 Å². The Labute approximate surface area is 175 Å². The van der Waals surface area contributed by atoms with Gasteiger partial charge in [-0.1, -0.05) is 41.5 Å². The molecule has 1 unspecified atom stereocenters. The number of aromatic nitrogens is 2. The van der Waals surface area contributed by atoms with Crippen LogP contribution in [-0.2, 0) is 24.3 Å². The van der Waals surface area contributed by atoms with E-state index in [1.54, 1.807) is 7.05 Å². The number of rotatable bonds is 5. The average molecular weight is 406 g/mol. The Morgan fingerprint density at radius 3 is 2.34 bits per heavy atom. The summed E-state index contributed by atoms with van der Waals surface area (Å²) in [4.78, 5) is 32.6. The zero-order chi connectivity index (χ0) is 22.0. The Morgan fingerprint density at radius 1 is 1.14 bits per heavy atom. The Balaban J connectivity index is 2.38. The quantitative estimate of drug-likeness (QED) is 0.789. The number of carbonyl (C=O) groups excluding carboxylic acids is 2. The maximum Gasteiger partial charge on any atom is 0.272 e. The van der Waals surface area contributed by atoms with Gasteiger partial charge in [-0.2, -0.15) is 0 Å². The highest BCUT2D eigenvalue weighted by atomic mass is 16.2. The first-order valence-corrected chi connectivity index (χ1v) is 10.6. The van der Waals surface area contributed by atoms with Crippen LogP contribution in [0.5, 0.6) is 0 Å². The summed E-state index contributed by atoms with van der Waals surface area (Å²) >= 11 is 0. The molecule has 0 bridgehead atoms. The molecule has 1 atom stereocenters. The predicted octanol–water partition coefficient (Wildman–Crippen LogP) is 2.59. The summed E-state index contributed by atoms with van der Waals surface area (Å²) in [6.45, 7) is 15.1. The van der Waals surface area contributed by atoms with Crippen LogP contribution in [0.1, 0.15) is 76.4 Å². The van der Waals surface area contributed by atoms with Gasteiger partial charge in [-0.15, -0.1) is 0 Å². The first-order chi connectivity index (χ1) is 13.3. The normalized spacial score (nSPS) is 16.7. The molecular formula is C22H39N5O2. The molecule has 1 aromatic heterocycles. The molecule has 1 aliphatic rings. The van der Waals surface area contributed by atoms with Crippen molar-refractivity contribution in [2.24, 2.45) is 10.8 Å². The molecule has 7 heteroatoms. The fourth-order valence-electron chi connectivity index (χ4n) is 3.67. The van der Waals surface area contributed by atoms with Gasteiger partial charge in [0.15, 0.2) is 5.69 Å². The lowest BCUT2D eigenvalue weighted by molar-refractivity contribution is -0.124. The largest absolute Gasteiger partial charge is 0.357 e. The van der Waals surface area contributed by atoms with Crippen LogP contribution in [-0.4, -0.2) is 52.9 Å². The smallest absolute Gasteiger partial charge is 0.272 e. The molecule has 0 radical (unpaired) electrons. The second kappa shape index (κ2) is 8.86. The van der Waals surface area contributed by atoms with Crippen LogP contribution in [0.25, 0.3) is 0 Å². The van der Waals surface area contributed by atoms with Crippen LogP contribution < -0.4 is 10.6 Å². The lowest BCUT2D eigenvalue weighted by atomic mass is 9.86. The summed E-state index contributed by atoms with van der Waals surface area (Å²) < 4.78 is 2.23. The third kappa shape index (κ3) is 6.04. The molecule has 0 spiro atoms. The van der Waals surface area contributed by atoms with Gasteiger partial charge in [0.1, 0.15) is 11.9 Å². The Bertz CT molecular complexity index is 740. The van der Waals surface area contributed by atoms with Gasteiger partial charge in [-0.05, 0) is 37.3 Å².